The zero-order chi connectivity index (χ0) is 13.2. The van der Waals surface area contributed by atoms with Crippen LogP contribution in [-0.2, 0) is 6.18 Å². The third-order valence-electron chi connectivity index (χ3n) is 2.40. The second-order valence-electron chi connectivity index (χ2n) is 3.65. The molecule has 0 amide bonds. The largest absolute Gasteiger partial charge is 0.418 e. The molecule has 0 saturated carbocycles. The van der Waals surface area contributed by atoms with Crippen LogP contribution in [-0.4, -0.2) is 11.3 Å². The third kappa shape index (κ3) is 2.40. The minimum atomic E-state index is -4.54. The summed E-state index contributed by atoms with van der Waals surface area (Å²) in [7, 11) is 0. The number of aldehydes is 1. The Balaban J connectivity index is 2.64. The second kappa shape index (κ2) is 4.60. The lowest BCUT2D eigenvalue weighted by atomic mass is 10.0. The fraction of sp³-hybridized carbons (Fsp3) is 0.0769. The highest BCUT2D eigenvalue weighted by atomic mass is 19.4. The molecule has 0 spiro atoms. The summed E-state index contributed by atoms with van der Waals surface area (Å²) >= 11 is 0. The average Bonchev–Trinajstić information content (AvgIpc) is 2.38. The molecule has 0 N–H and O–H groups in total. The van der Waals surface area contributed by atoms with Crippen LogP contribution in [0.25, 0.3) is 11.3 Å². The highest BCUT2D eigenvalue weighted by Crippen LogP contribution is 2.36. The van der Waals surface area contributed by atoms with Gasteiger partial charge in [-0.15, -0.1) is 0 Å². The van der Waals surface area contributed by atoms with Gasteiger partial charge in [0.05, 0.1) is 11.3 Å². The molecule has 0 aliphatic carbocycles. The number of aromatic nitrogens is 1. The Kier molecular flexibility index (Phi) is 3.14. The van der Waals surface area contributed by atoms with Crippen molar-refractivity contribution in [3.8, 4) is 11.3 Å². The Bertz CT molecular complexity index is 564. The molecule has 1 aromatic carbocycles. The first-order valence-corrected chi connectivity index (χ1v) is 5.10. The van der Waals surface area contributed by atoms with Gasteiger partial charge in [-0.2, -0.15) is 13.2 Å². The van der Waals surface area contributed by atoms with Crippen molar-refractivity contribution >= 4 is 6.29 Å². The minimum absolute atomic E-state index is 0.0954. The van der Waals surface area contributed by atoms with Crippen LogP contribution < -0.4 is 0 Å². The standard InChI is InChI=1S/C13H8F3NO/c14-13(15,16)11-6-9(8-18)7-17-12(11)10-4-2-1-3-5-10/h1-8H. The number of carbonyl (C=O) groups is 1. The van der Waals surface area contributed by atoms with Crippen molar-refractivity contribution in [1.29, 1.82) is 0 Å². The fourth-order valence-corrected chi connectivity index (χ4v) is 1.59. The zero-order valence-corrected chi connectivity index (χ0v) is 9.11. The van der Waals surface area contributed by atoms with Crippen LogP contribution in [0.2, 0.25) is 0 Å². The molecule has 0 atom stereocenters. The van der Waals surface area contributed by atoms with E-state index < -0.39 is 11.7 Å². The second-order valence-corrected chi connectivity index (χ2v) is 3.65. The molecule has 5 heteroatoms. The van der Waals surface area contributed by atoms with Gasteiger partial charge in [0.1, 0.15) is 0 Å². The maximum atomic E-state index is 12.9. The summed E-state index contributed by atoms with van der Waals surface area (Å²) in [6.45, 7) is 0. The summed E-state index contributed by atoms with van der Waals surface area (Å²) in [5.74, 6) is 0. The molecule has 0 saturated heterocycles. The van der Waals surface area contributed by atoms with Crippen molar-refractivity contribution in [3.05, 3.63) is 53.7 Å². The van der Waals surface area contributed by atoms with E-state index in [4.69, 9.17) is 0 Å². The monoisotopic (exact) mass is 251 g/mol. The van der Waals surface area contributed by atoms with Crippen LogP contribution in [0.15, 0.2) is 42.6 Å². The van der Waals surface area contributed by atoms with Crippen molar-refractivity contribution < 1.29 is 18.0 Å². The van der Waals surface area contributed by atoms with E-state index in [2.05, 4.69) is 4.98 Å². The number of alkyl halides is 3. The van der Waals surface area contributed by atoms with E-state index in [9.17, 15) is 18.0 Å². The van der Waals surface area contributed by atoms with Crippen LogP contribution in [0.4, 0.5) is 13.2 Å². The van der Waals surface area contributed by atoms with Crippen molar-refractivity contribution in [2.75, 3.05) is 0 Å². The molecule has 1 heterocycles. The summed E-state index contributed by atoms with van der Waals surface area (Å²) in [5, 5.41) is 0. The fourth-order valence-electron chi connectivity index (χ4n) is 1.59. The maximum absolute atomic E-state index is 12.9. The molecule has 0 aliphatic rings. The average molecular weight is 251 g/mol. The normalized spacial score (nSPS) is 11.3. The van der Waals surface area contributed by atoms with Gasteiger partial charge in [0.25, 0.3) is 0 Å². The minimum Gasteiger partial charge on any atom is -0.298 e. The van der Waals surface area contributed by atoms with E-state index in [1.807, 2.05) is 0 Å². The first-order valence-electron chi connectivity index (χ1n) is 5.10. The summed E-state index contributed by atoms with van der Waals surface area (Å²) in [4.78, 5) is 14.3. The van der Waals surface area contributed by atoms with E-state index in [0.717, 1.165) is 12.3 Å². The van der Waals surface area contributed by atoms with Gasteiger partial charge in [0.2, 0.25) is 0 Å². The zero-order valence-electron chi connectivity index (χ0n) is 9.11. The van der Waals surface area contributed by atoms with E-state index in [0.29, 0.717) is 11.8 Å². The Morgan fingerprint density at radius 3 is 2.33 bits per heavy atom. The highest BCUT2D eigenvalue weighted by Gasteiger charge is 2.34. The van der Waals surface area contributed by atoms with Crippen LogP contribution in [0.5, 0.6) is 0 Å². The topological polar surface area (TPSA) is 30.0 Å². The number of carbonyl (C=O) groups excluding carboxylic acids is 1. The van der Waals surface area contributed by atoms with Gasteiger partial charge in [0, 0.05) is 17.3 Å². The lowest BCUT2D eigenvalue weighted by Crippen LogP contribution is -2.09. The molecule has 2 nitrogen and oxygen atoms in total. The molecule has 0 radical (unpaired) electrons. The van der Waals surface area contributed by atoms with Gasteiger partial charge in [0.15, 0.2) is 6.29 Å². The van der Waals surface area contributed by atoms with E-state index in [-0.39, 0.29) is 11.3 Å². The molecule has 1 aromatic heterocycles. The van der Waals surface area contributed by atoms with Gasteiger partial charge in [-0.05, 0) is 6.07 Å². The Morgan fingerprint density at radius 2 is 1.78 bits per heavy atom. The number of pyridine rings is 1. The SMILES string of the molecule is O=Cc1cnc(-c2ccccc2)c(C(F)(F)F)c1. The Labute approximate surface area is 101 Å². The summed E-state index contributed by atoms with van der Waals surface area (Å²) in [6, 6.07) is 8.85. The van der Waals surface area contributed by atoms with Crippen molar-refractivity contribution in [2.24, 2.45) is 0 Å². The lowest BCUT2D eigenvalue weighted by molar-refractivity contribution is -0.137. The van der Waals surface area contributed by atoms with Gasteiger partial charge >= 0.3 is 6.18 Å². The summed E-state index contributed by atoms with van der Waals surface area (Å²) in [5.41, 5.74) is -0.809. The molecular formula is C13H8F3NO. The molecule has 0 aliphatic heterocycles. The quantitative estimate of drug-likeness (QED) is 0.763. The summed E-state index contributed by atoms with van der Waals surface area (Å²) in [6.07, 6.45) is -3.07. The molecule has 18 heavy (non-hydrogen) atoms. The summed E-state index contributed by atoms with van der Waals surface area (Å²) < 4.78 is 38.7. The van der Waals surface area contributed by atoms with E-state index in [1.165, 1.54) is 12.1 Å². The number of benzene rings is 1. The molecular weight excluding hydrogens is 243 g/mol. The first-order chi connectivity index (χ1) is 8.52. The number of halogens is 3. The predicted molar refractivity (Wildman–Crippen MR) is 60.1 cm³/mol. The third-order valence-corrected chi connectivity index (χ3v) is 2.40. The number of hydrogen-bond donors (Lipinski definition) is 0. The number of nitrogens with zero attached hydrogens (tertiary/aromatic N) is 1. The first kappa shape index (κ1) is 12.3. The van der Waals surface area contributed by atoms with Gasteiger partial charge in [-0.1, -0.05) is 30.3 Å². The molecule has 0 fully saturated rings. The Hall–Kier alpha value is -2.17. The Morgan fingerprint density at radius 1 is 1.11 bits per heavy atom. The van der Waals surface area contributed by atoms with E-state index >= 15 is 0 Å². The van der Waals surface area contributed by atoms with Crippen molar-refractivity contribution in [1.82, 2.24) is 4.98 Å². The van der Waals surface area contributed by atoms with Crippen molar-refractivity contribution in [3.63, 3.8) is 0 Å². The molecule has 2 rings (SSSR count). The van der Waals surface area contributed by atoms with Crippen LogP contribution >= 0.6 is 0 Å². The molecule has 0 unspecified atom stereocenters. The number of rotatable bonds is 2. The van der Waals surface area contributed by atoms with E-state index in [1.54, 1.807) is 18.2 Å². The van der Waals surface area contributed by atoms with Crippen LogP contribution in [0.3, 0.4) is 0 Å². The smallest absolute Gasteiger partial charge is 0.298 e. The molecule has 92 valence electrons. The number of hydrogen-bond acceptors (Lipinski definition) is 2. The molecule has 0 bridgehead atoms. The van der Waals surface area contributed by atoms with Gasteiger partial charge in [-0.25, -0.2) is 0 Å². The highest BCUT2D eigenvalue weighted by molar-refractivity contribution is 5.76. The lowest BCUT2D eigenvalue weighted by Gasteiger charge is -2.12. The van der Waals surface area contributed by atoms with Crippen LogP contribution in [0.1, 0.15) is 15.9 Å². The predicted octanol–water partition coefficient (Wildman–Crippen LogP) is 3.58. The van der Waals surface area contributed by atoms with Gasteiger partial charge < -0.3 is 0 Å². The maximum Gasteiger partial charge on any atom is 0.418 e. The van der Waals surface area contributed by atoms with Gasteiger partial charge in [-0.3, -0.25) is 9.78 Å². The molecule has 2 aromatic rings. The van der Waals surface area contributed by atoms with Crippen molar-refractivity contribution in [2.45, 2.75) is 6.18 Å². The van der Waals surface area contributed by atoms with Crippen LogP contribution in [0, 0.1) is 0 Å².